The summed E-state index contributed by atoms with van der Waals surface area (Å²) < 4.78 is 0. The van der Waals surface area contributed by atoms with Crippen LogP contribution in [-0.4, -0.2) is 28.1 Å². The predicted octanol–water partition coefficient (Wildman–Crippen LogP) is 5.68. The zero-order valence-corrected chi connectivity index (χ0v) is 16.3. The minimum atomic E-state index is 0.336. The molecule has 4 aromatic rings. The Bertz CT molecular complexity index is 1120. The van der Waals surface area contributed by atoms with Crippen molar-refractivity contribution in [2.45, 2.75) is 20.4 Å². The fourth-order valence-electron chi connectivity index (χ4n) is 3.58. The van der Waals surface area contributed by atoms with Crippen LogP contribution in [0.4, 0.5) is 11.4 Å². The lowest BCUT2D eigenvalue weighted by atomic mass is 10.1. The van der Waals surface area contributed by atoms with Crippen LogP contribution in [0.3, 0.4) is 0 Å². The number of hydrogen-bond acceptors (Lipinski definition) is 4. The minimum Gasteiger partial charge on any atom is -0.508 e. The van der Waals surface area contributed by atoms with E-state index in [0.717, 1.165) is 47.5 Å². The third-order valence-corrected chi connectivity index (χ3v) is 5.26. The van der Waals surface area contributed by atoms with Crippen molar-refractivity contribution in [3.05, 3.63) is 72.4 Å². The molecule has 28 heavy (non-hydrogen) atoms. The third-order valence-electron chi connectivity index (χ3n) is 5.26. The summed E-state index contributed by atoms with van der Waals surface area (Å²) in [5.41, 5.74) is 3.86. The number of hydrogen-bond donors (Lipinski definition) is 2. The molecule has 0 radical (unpaired) electrons. The van der Waals surface area contributed by atoms with Crippen molar-refractivity contribution in [3.8, 4) is 5.75 Å². The summed E-state index contributed by atoms with van der Waals surface area (Å²) >= 11 is 0. The Labute approximate surface area is 165 Å². The summed E-state index contributed by atoms with van der Waals surface area (Å²) in [6, 6.07) is 20.3. The molecule has 0 aliphatic carbocycles. The van der Waals surface area contributed by atoms with E-state index < -0.39 is 0 Å². The van der Waals surface area contributed by atoms with Crippen LogP contribution in [0.25, 0.3) is 21.7 Å². The predicted molar refractivity (Wildman–Crippen MR) is 117 cm³/mol. The topological polar surface area (TPSA) is 48.4 Å². The number of phenols is 1. The van der Waals surface area contributed by atoms with E-state index in [4.69, 9.17) is 0 Å². The third kappa shape index (κ3) is 3.64. The number of aromatic nitrogens is 1. The van der Waals surface area contributed by atoms with Crippen molar-refractivity contribution >= 4 is 33.1 Å². The number of rotatable bonds is 6. The van der Waals surface area contributed by atoms with Gasteiger partial charge in [-0.05, 0) is 60.3 Å². The van der Waals surface area contributed by atoms with Crippen LogP contribution in [0, 0.1) is 0 Å². The number of anilines is 2. The van der Waals surface area contributed by atoms with Gasteiger partial charge in [-0.25, -0.2) is 0 Å². The number of nitrogens with one attached hydrogen (secondary N) is 1. The van der Waals surface area contributed by atoms with Gasteiger partial charge < -0.3 is 10.4 Å². The lowest BCUT2D eigenvalue weighted by Gasteiger charge is -2.19. The second-order valence-electron chi connectivity index (χ2n) is 7.00. The quantitative estimate of drug-likeness (QED) is 0.338. The van der Waals surface area contributed by atoms with Crippen LogP contribution in [0.15, 0.2) is 66.9 Å². The molecule has 142 valence electrons. The van der Waals surface area contributed by atoms with Crippen molar-refractivity contribution in [2.24, 2.45) is 0 Å². The summed E-state index contributed by atoms with van der Waals surface area (Å²) in [5.74, 6) is 0.336. The van der Waals surface area contributed by atoms with Crippen molar-refractivity contribution in [1.82, 2.24) is 9.88 Å². The summed E-state index contributed by atoms with van der Waals surface area (Å²) in [6.45, 7) is 6.91. The molecular formula is C24H25N3O. The van der Waals surface area contributed by atoms with E-state index in [1.807, 2.05) is 30.5 Å². The molecule has 3 aromatic carbocycles. The van der Waals surface area contributed by atoms with Gasteiger partial charge in [-0.15, -0.1) is 0 Å². The van der Waals surface area contributed by atoms with Gasteiger partial charge in [0.25, 0.3) is 0 Å². The SMILES string of the molecule is CCN(CC)Cc1cc(Nc2ccnc3cc4ccccc4cc23)ccc1O. The van der Waals surface area contributed by atoms with E-state index in [1.54, 1.807) is 6.07 Å². The normalized spacial score (nSPS) is 11.4. The molecule has 0 unspecified atom stereocenters. The molecule has 4 nitrogen and oxygen atoms in total. The van der Waals surface area contributed by atoms with E-state index in [2.05, 4.69) is 59.4 Å². The molecular weight excluding hydrogens is 346 g/mol. The smallest absolute Gasteiger partial charge is 0.120 e. The van der Waals surface area contributed by atoms with Crippen LogP contribution in [0.2, 0.25) is 0 Å². The maximum Gasteiger partial charge on any atom is 0.120 e. The van der Waals surface area contributed by atoms with Gasteiger partial charge in [0.2, 0.25) is 0 Å². The average Bonchev–Trinajstić information content (AvgIpc) is 2.73. The molecule has 0 fully saturated rings. The molecule has 4 rings (SSSR count). The van der Waals surface area contributed by atoms with Crippen LogP contribution in [0.5, 0.6) is 5.75 Å². The average molecular weight is 371 g/mol. The van der Waals surface area contributed by atoms with E-state index in [9.17, 15) is 5.11 Å². The maximum atomic E-state index is 10.3. The molecule has 0 atom stereocenters. The Kier molecular flexibility index (Phi) is 5.13. The Morgan fingerprint density at radius 2 is 1.68 bits per heavy atom. The van der Waals surface area contributed by atoms with Gasteiger partial charge in [0.15, 0.2) is 0 Å². The largest absolute Gasteiger partial charge is 0.508 e. The Hall–Kier alpha value is -3.11. The lowest BCUT2D eigenvalue weighted by molar-refractivity contribution is 0.291. The summed E-state index contributed by atoms with van der Waals surface area (Å²) in [4.78, 5) is 6.82. The van der Waals surface area contributed by atoms with Gasteiger partial charge in [-0.1, -0.05) is 38.1 Å². The molecule has 2 N–H and O–H groups in total. The molecule has 0 amide bonds. The van der Waals surface area contributed by atoms with E-state index in [0.29, 0.717) is 5.75 Å². The number of nitrogens with zero attached hydrogens (tertiary/aromatic N) is 2. The highest BCUT2D eigenvalue weighted by Gasteiger charge is 2.09. The maximum absolute atomic E-state index is 10.3. The number of pyridine rings is 1. The summed E-state index contributed by atoms with van der Waals surface area (Å²) in [7, 11) is 0. The van der Waals surface area contributed by atoms with Crippen molar-refractivity contribution < 1.29 is 5.11 Å². The molecule has 0 saturated heterocycles. The van der Waals surface area contributed by atoms with Crippen LogP contribution in [-0.2, 0) is 6.54 Å². The Balaban J connectivity index is 1.71. The first-order valence-corrected chi connectivity index (χ1v) is 9.76. The molecule has 1 heterocycles. The van der Waals surface area contributed by atoms with Crippen molar-refractivity contribution in [3.63, 3.8) is 0 Å². The molecule has 0 aliphatic rings. The number of fused-ring (bicyclic) bond motifs is 2. The van der Waals surface area contributed by atoms with Crippen LogP contribution >= 0.6 is 0 Å². The van der Waals surface area contributed by atoms with Crippen molar-refractivity contribution in [1.29, 1.82) is 0 Å². The first-order valence-electron chi connectivity index (χ1n) is 9.76. The zero-order chi connectivity index (χ0) is 19.5. The summed E-state index contributed by atoms with van der Waals surface area (Å²) in [6.07, 6.45) is 1.83. The minimum absolute atomic E-state index is 0.336. The van der Waals surface area contributed by atoms with Gasteiger partial charge in [0.1, 0.15) is 5.75 Å². The molecule has 4 heteroatoms. The van der Waals surface area contributed by atoms with Gasteiger partial charge in [-0.3, -0.25) is 9.88 Å². The van der Waals surface area contributed by atoms with E-state index in [1.165, 1.54) is 10.8 Å². The lowest BCUT2D eigenvalue weighted by Crippen LogP contribution is -2.22. The molecule has 0 saturated carbocycles. The highest BCUT2D eigenvalue weighted by atomic mass is 16.3. The molecule has 1 aromatic heterocycles. The number of phenolic OH excluding ortho intramolecular Hbond substituents is 1. The first-order chi connectivity index (χ1) is 13.7. The number of aromatic hydroxyl groups is 1. The zero-order valence-electron chi connectivity index (χ0n) is 16.3. The van der Waals surface area contributed by atoms with Crippen LogP contribution < -0.4 is 5.32 Å². The summed E-state index contributed by atoms with van der Waals surface area (Å²) in [5, 5.41) is 17.2. The highest BCUT2D eigenvalue weighted by molar-refractivity contribution is 6.02. The monoisotopic (exact) mass is 371 g/mol. The highest BCUT2D eigenvalue weighted by Crippen LogP contribution is 2.31. The van der Waals surface area contributed by atoms with E-state index in [-0.39, 0.29) is 0 Å². The molecule has 0 aliphatic heterocycles. The van der Waals surface area contributed by atoms with Gasteiger partial charge in [0.05, 0.1) is 5.52 Å². The Morgan fingerprint density at radius 3 is 2.43 bits per heavy atom. The second-order valence-corrected chi connectivity index (χ2v) is 7.00. The van der Waals surface area contributed by atoms with Gasteiger partial charge in [-0.2, -0.15) is 0 Å². The van der Waals surface area contributed by atoms with Crippen molar-refractivity contribution in [2.75, 3.05) is 18.4 Å². The fraction of sp³-hybridized carbons (Fsp3) is 0.208. The fourth-order valence-corrected chi connectivity index (χ4v) is 3.58. The van der Waals surface area contributed by atoms with Crippen LogP contribution in [0.1, 0.15) is 19.4 Å². The molecule has 0 spiro atoms. The van der Waals surface area contributed by atoms with Gasteiger partial charge in [0, 0.05) is 35.1 Å². The van der Waals surface area contributed by atoms with E-state index >= 15 is 0 Å². The number of benzene rings is 3. The standard InChI is InChI=1S/C24H25N3O/c1-3-27(4-2)16-19-13-20(9-10-24(19)28)26-22-11-12-25-23-15-18-8-6-5-7-17(18)14-21(22)23/h5-15,28H,3-4,16H2,1-2H3,(H,25,26). The first kappa shape index (κ1) is 18.3. The molecule has 0 bridgehead atoms. The second kappa shape index (κ2) is 7.87. The van der Waals surface area contributed by atoms with Gasteiger partial charge >= 0.3 is 0 Å². The Morgan fingerprint density at radius 1 is 0.929 bits per heavy atom.